The lowest BCUT2D eigenvalue weighted by Gasteiger charge is -2.50. The van der Waals surface area contributed by atoms with E-state index in [-0.39, 0.29) is 11.5 Å². The van der Waals surface area contributed by atoms with E-state index >= 15 is 0 Å². The van der Waals surface area contributed by atoms with Gasteiger partial charge in [0.05, 0.1) is 31.1 Å². The van der Waals surface area contributed by atoms with E-state index in [0.717, 1.165) is 0 Å². The van der Waals surface area contributed by atoms with Crippen molar-refractivity contribution in [2.24, 2.45) is 0 Å². The number of carbonyl (C=O) groups is 1. The molecule has 4 heterocycles. The fraction of sp³-hybridized carbons (Fsp3) is 0.852. The second-order valence-corrected chi connectivity index (χ2v) is 12.4. The molecule has 19 nitrogen and oxygen atoms in total. The number of carboxylic acids is 1. The molecule has 4 rings (SSSR count). The highest BCUT2D eigenvalue weighted by Gasteiger charge is 2.53. The van der Waals surface area contributed by atoms with E-state index < -0.39 is 129 Å². The van der Waals surface area contributed by atoms with Crippen LogP contribution in [0.25, 0.3) is 0 Å². The molecule has 3 saturated heterocycles. The predicted octanol–water partition coefficient (Wildman–Crippen LogP) is -5.44. The van der Waals surface area contributed by atoms with Crippen molar-refractivity contribution in [3.05, 3.63) is 11.5 Å². The van der Waals surface area contributed by atoms with Gasteiger partial charge in [0.15, 0.2) is 17.8 Å². The van der Waals surface area contributed by atoms with E-state index in [1.807, 2.05) is 0 Å². The molecule has 11 N–H and O–H groups in total. The van der Waals surface area contributed by atoms with Crippen LogP contribution in [0.1, 0.15) is 20.8 Å². The van der Waals surface area contributed by atoms with Gasteiger partial charge in [-0.05, 0) is 20.8 Å². The van der Waals surface area contributed by atoms with Gasteiger partial charge in [-0.3, -0.25) is 5.41 Å². The summed E-state index contributed by atoms with van der Waals surface area (Å²) in [6.45, 7) is 2.73. The lowest BCUT2D eigenvalue weighted by Crippen LogP contribution is -2.66. The first-order chi connectivity index (χ1) is 21.4. The Kier molecular flexibility index (Phi) is 11.3. The predicted molar refractivity (Wildman–Crippen MR) is 148 cm³/mol. The summed E-state index contributed by atoms with van der Waals surface area (Å²) in [5.41, 5.74) is -2.06. The average Bonchev–Trinajstić information content (AvgIpc) is 3.01. The molecule has 264 valence electrons. The second-order valence-electron chi connectivity index (χ2n) is 12.4. The van der Waals surface area contributed by atoms with Gasteiger partial charge in [0.25, 0.3) is 0 Å². The number of aliphatic carboxylic acids is 1. The summed E-state index contributed by atoms with van der Waals surface area (Å²) in [5, 5.41) is 111. The first-order valence-electron chi connectivity index (χ1n) is 14.6. The summed E-state index contributed by atoms with van der Waals surface area (Å²) >= 11 is 0. The maximum atomic E-state index is 11.4. The van der Waals surface area contributed by atoms with Crippen LogP contribution in [0.3, 0.4) is 0 Å². The summed E-state index contributed by atoms with van der Waals surface area (Å²) in [7, 11) is 1.50. The van der Waals surface area contributed by atoms with Crippen molar-refractivity contribution >= 4 is 11.7 Å². The highest BCUT2D eigenvalue weighted by Crippen LogP contribution is 2.35. The summed E-state index contributed by atoms with van der Waals surface area (Å²) in [6.07, 6.45) is -21.3. The zero-order valence-corrected chi connectivity index (χ0v) is 25.6. The summed E-state index contributed by atoms with van der Waals surface area (Å²) in [4.78, 5) is 12.8. The number of nitrogens with zero attached hydrogens (tertiary/aromatic N) is 1. The second kappa shape index (κ2) is 14.2. The minimum absolute atomic E-state index is 0.215. The molecule has 19 heteroatoms. The van der Waals surface area contributed by atoms with Gasteiger partial charge in [-0.1, -0.05) is 0 Å². The third kappa shape index (κ3) is 6.89. The fourth-order valence-corrected chi connectivity index (χ4v) is 5.92. The third-order valence-electron chi connectivity index (χ3n) is 8.94. The van der Waals surface area contributed by atoms with Crippen molar-refractivity contribution in [3.8, 4) is 0 Å². The number of aliphatic hydroxyl groups excluding tert-OH is 9. The zero-order chi connectivity index (χ0) is 34.4. The van der Waals surface area contributed by atoms with Gasteiger partial charge < -0.3 is 84.4 Å². The molecule has 4 aliphatic rings. The van der Waals surface area contributed by atoms with Crippen LogP contribution in [-0.2, 0) is 33.2 Å². The van der Waals surface area contributed by atoms with E-state index in [9.17, 15) is 55.9 Å². The number of hydrogen-bond acceptors (Lipinski definition) is 18. The molecular formula is C27H44N2O17. The van der Waals surface area contributed by atoms with Gasteiger partial charge in [0.1, 0.15) is 79.3 Å². The molecule has 0 aromatic rings. The fourth-order valence-electron chi connectivity index (χ4n) is 5.92. The lowest BCUT2D eigenvalue weighted by molar-refractivity contribution is -0.330. The van der Waals surface area contributed by atoms with Crippen molar-refractivity contribution in [3.63, 3.8) is 0 Å². The molecule has 46 heavy (non-hydrogen) atoms. The molecule has 3 fully saturated rings. The van der Waals surface area contributed by atoms with Gasteiger partial charge in [-0.2, -0.15) is 0 Å². The molecule has 15 unspecified atom stereocenters. The largest absolute Gasteiger partial charge is 0.476 e. The smallest absolute Gasteiger partial charge is 0.357 e. The Morgan fingerprint density at radius 3 is 2.00 bits per heavy atom. The van der Waals surface area contributed by atoms with Crippen LogP contribution in [-0.4, -0.2) is 192 Å². The third-order valence-corrected chi connectivity index (χ3v) is 8.94. The summed E-state index contributed by atoms with van der Waals surface area (Å²) in [5.74, 6) is -1.87. The van der Waals surface area contributed by atoms with Gasteiger partial charge in [-0.15, -0.1) is 0 Å². The van der Waals surface area contributed by atoms with E-state index in [1.54, 1.807) is 0 Å². The van der Waals surface area contributed by atoms with E-state index in [2.05, 4.69) is 0 Å². The monoisotopic (exact) mass is 668 g/mol. The summed E-state index contributed by atoms with van der Waals surface area (Å²) < 4.78 is 34.0. The van der Waals surface area contributed by atoms with Crippen LogP contribution in [0.4, 0.5) is 0 Å². The van der Waals surface area contributed by atoms with E-state index in [1.165, 1.54) is 32.7 Å². The number of nitrogens with one attached hydrogen (secondary N) is 1. The number of rotatable bonds is 10. The van der Waals surface area contributed by atoms with E-state index in [0.29, 0.717) is 0 Å². The Bertz CT molecular complexity index is 1140. The number of allylic oxidation sites excluding steroid dienone is 1. The van der Waals surface area contributed by atoms with E-state index in [4.69, 9.17) is 33.8 Å². The van der Waals surface area contributed by atoms with Crippen LogP contribution in [0.15, 0.2) is 11.5 Å². The molecule has 0 bridgehead atoms. The molecule has 0 aromatic carbocycles. The topological polar surface area (TPSA) is 302 Å². The number of likely N-dealkylation sites (N-methyl/N-ethyl adjacent to an activating group) is 1. The summed E-state index contributed by atoms with van der Waals surface area (Å²) in [6, 6.07) is -0.987. The minimum atomic E-state index is -1.80. The maximum Gasteiger partial charge on any atom is 0.357 e. The quantitative estimate of drug-likeness (QED) is 0.0968. The van der Waals surface area contributed by atoms with Gasteiger partial charge >= 0.3 is 5.97 Å². The van der Waals surface area contributed by atoms with Crippen LogP contribution < -0.4 is 0 Å². The lowest BCUT2D eigenvalue weighted by atomic mass is 9.86. The number of carboxylic acid groups (broad SMARTS) is 1. The Morgan fingerprint density at radius 1 is 0.826 bits per heavy atom. The Hall–Kier alpha value is -2.08. The molecule has 0 aromatic heterocycles. The molecule has 15 atom stereocenters. The molecule has 0 radical (unpaired) electrons. The van der Waals surface area contributed by atoms with Crippen LogP contribution in [0.2, 0.25) is 0 Å². The molecule has 0 saturated carbocycles. The highest BCUT2D eigenvalue weighted by atomic mass is 16.7. The number of aliphatic hydroxyl groups is 9. The van der Waals surface area contributed by atoms with Gasteiger partial charge in [0.2, 0.25) is 6.29 Å². The van der Waals surface area contributed by atoms with Gasteiger partial charge in [0, 0.05) is 7.05 Å². The molecule has 0 spiro atoms. The standard InChI is InChI=1S/C27H44N2O17/c1-8-22(12(28)24(39)40)46-25-13(29(8)4)17(34)15(32)10(44-25)6-41-26-21(38)19(36)16(33)11(45-26)7-42-27(2,3)23-20(37)18(35)14(31)9(5-30)43-23/h9-11,13-21,23,25-26,28,30-38H,5-7H2,1-4H3,(H,39,40). The molecule has 0 aliphatic carbocycles. The average molecular weight is 669 g/mol. The van der Waals surface area contributed by atoms with Crippen molar-refractivity contribution in [1.82, 2.24) is 4.90 Å². The van der Waals surface area contributed by atoms with Crippen molar-refractivity contribution in [1.29, 1.82) is 5.41 Å². The van der Waals surface area contributed by atoms with Crippen LogP contribution in [0.5, 0.6) is 0 Å². The SMILES string of the molecule is CC1=C(C(=N)C(=O)O)OC2OC(COC3OC(COC(C)(C)C4OC(CO)C(O)C(O)C4O)C(O)C(O)C3O)C(O)C(O)C2N1C. The van der Waals surface area contributed by atoms with Gasteiger partial charge in [-0.25, -0.2) is 4.79 Å². The number of fused-ring (bicyclic) bond motifs is 1. The zero-order valence-electron chi connectivity index (χ0n) is 25.6. The minimum Gasteiger partial charge on any atom is -0.476 e. The van der Waals surface area contributed by atoms with Crippen molar-refractivity contribution in [2.45, 2.75) is 118 Å². The molecule has 0 amide bonds. The maximum absolute atomic E-state index is 11.4. The highest BCUT2D eigenvalue weighted by molar-refractivity contribution is 6.40. The first-order valence-corrected chi connectivity index (χ1v) is 14.6. The Balaban J connectivity index is 1.41. The first kappa shape index (κ1) is 36.8. The Labute approximate surface area is 263 Å². The van der Waals surface area contributed by atoms with Crippen molar-refractivity contribution < 1.29 is 84.3 Å². The van der Waals surface area contributed by atoms with Crippen LogP contribution in [0, 0.1) is 5.41 Å². The number of ether oxygens (including phenoxy) is 6. The van der Waals surface area contributed by atoms with Crippen LogP contribution >= 0.6 is 0 Å². The molecule has 4 aliphatic heterocycles. The molecular weight excluding hydrogens is 624 g/mol. The Morgan fingerprint density at radius 2 is 1.39 bits per heavy atom. The van der Waals surface area contributed by atoms with Crippen molar-refractivity contribution in [2.75, 3.05) is 26.9 Å². The normalized spacial score (nSPS) is 43.6. The number of hydrogen-bond donors (Lipinski definition) is 11.